The van der Waals surface area contributed by atoms with Gasteiger partial charge in [0, 0.05) is 4.88 Å². The summed E-state index contributed by atoms with van der Waals surface area (Å²) < 4.78 is 18.4. The maximum Gasteiger partial charge on any atom is 0.271 e. The molecule has 0 atom stereocenters. The van der Waals surface area contributed by atoms with Gasteiger partial charge in [0.25, 0.3) is 10.2 Å². The Labute approximate surface area is 132 Å². The Kier molecular flexibility index (Phi) is 12.2. The third-order valence-electron chi connectivity index (χ3n) is 2.55. The number of unbranched alkanes of at least 4 members (excludes halogenated alkanes) is 4. The van der Waals surface area contributed by atoms with Crippen molar-refractivity contribution in [1.29, 1.82) is 0 Å². The molecule has 0 radical (unpaired) electrons. The lowest BCUT2D eigenvalue weighted by atomic mass is 10.1. The van der Waals surface area contributed by atoms with Gasteiger partial charge in [0.05, 0.1) is 0 Å². The normalized spacial score (nSPS) is 10.2. The van der Waals surface area contributed by atoms with E-state index in [4.69, 9.17) is 0 Å². The molecular weight excluding hydrogens is 304 g/mol. The van der Waals surface area contributed by atoms with Crippen LogP contribution in [-0.4, -0.2) is 8.42 Å². The lowest BCUT2D eigenvalue weighted by Gasteiger charge is -1.98. The van der Waals surface area contributed by atoms with Gasteiger partial charge in [0.15, 0.2) is 0 Å². The Morgan fingerprint density at radius 2 is 1.52 bits per heavy atom. The number of hydrogen-bond donors (Lipinski definition) is 2. The van der Waals surface area contributed by atoms with Crippen LogP contribution in [0.25, 0.3) is 0 Å². The molecule has 0 aliphatic heterocycles. The van der Waals surface area contributed by atoms with Gasteiger partial charge in [-0.15, -0.1) is 11.3 Å². The molecule has 0 amide bonds. The number of hydrogen-bond acceptors (Lipinski definition) is 3. The molecule has 1 rings (SSSR count). The van der Waals surface area contributed by atoms with Crippen molar-refractivity contribution in [2.75, 3.05) is 0 Å². The van der Waals surface area contributed by atoms with Crippen molar-refractivity contribution in [3.8, 4) is 0 Å². The van der Waals surface area contributed by atoms with E-state index in [1.807, 2.05) is 11.3 Å². The van der Waals surface area contributed by atoms with Gasteiger partial charge in [-0.25, -0.2) is 10.3 Å². The van der Waals surface area contributed by atoms with E-state index in [2.05, 4.69) is 59.0 Å². The number of aryl methyl sites for hydroxylation is 1. The Hall–Kier alpha value is -0.950. The molecule has 0 aliphatic rings. The Morgan fingerprint density at radius 3 is 2.19 bits per heavy atom. The molecular formula is C15H26N2O2S2. The van der Waals surface area contributed by atoms with E-state index in [-0.39, 0.29) is 0 Å². The highest BCUT2D eigenvalue weighted by molar-refractivity contribution is 7.86. The molecule has 1 aromatic heterocycles. The van der Waals surface area contributed by atoms with Crippen molar-refractivity contribution in [1.82, 2.24) is 0 Å². The van der Waals surface area contributed by atoms with Crippen LogP contribution in [0.15, 0.2) is 41.8 Å². The number of nitrogens with two attached hydrogens (primary N) is 2. The zero-order valence-electron chi connectivity index (χ0n) is 12.6. The van der Waals surface area contributed by atoms with Crippen molar-refractivity contribution in [2.45, 2.75) is 45.4 Å². The molecule has 1 aromatic rings. The fourth-order valence-corrected chi connectivity index (χ4v) is 2.38. The molecule has 1 heterocycles. The van der Waals surface area contributed by atoms with Crippen LogP contribution >= 0.6 is 11.3 Å². The zero-order valence-corrected chi connectivity index (χ0v) is 14.2. The van der Waals surface area contributed by atoms with Crippen molar-refractivity contribution in [3.63, 3.8) is 0 Å². The second-order valence-electron chi connectivity index (χ2n) is 4.60. The van der Waals surface area contributed by atoms with Gasteiger partial charge in [0.1, 0.15) is 0 Å². The topological polar surface area (TPSA) is 86.2 Å². The van der Waals surface area contributed by atoms with Crippen molar-refractivity contribution < 1.29 is 8.42 Å². The second kappa shape index (κ2) is 12.8. The molecule has 0 saturated carbocycles. The summed E-state index contributed by atoms with van der Waals surface area (Å²) in [7, 11) is -3.67. The van der Waals surface area contributed by atoms with Crippen molar-refractivity contribution in [3.05, 3.63) is 46.7 Å². The molecule has 0 spiro atoms. The van der Waals surface area contributed by atoms with Crippen LogP contribution in [0.4, 0.5) is 0 Å². The summed E-state index contributed by atoms with van der Waals surface area (Å²) in [5, 5.41) is 10.4. The van der Waals surface area contributed by atoms with Gasteiger partial charge in [0.2, 0.25) is 0 Å². The van der Waals surface area contributed by atoms with Gasteiger partial charge in [-0.1, -0.05) is 62.9 Å². The highest BCUT2D eigenvalue weighted by Crippen LogP contribution is 2.11. The van der Waals surface area contributed by atoms with Crippen LogP contribution in [0.1, 0.15) is 43.9 Å². The van der Waals surface area contributed by atoms with E-state index in [1.165, 1.54) is 43.4 Å². The molecule has 0 unspecified atom stereocenters. The average molecular weight is 331 g/mol. The smallest absolute Gasteiger partial charge is 0.216 e. The minimum Gasteiger partial charge on any atom is -0.216 e. The van der Waals surface area contributed by atoms with Gasteiger partial charge in [-0.3, -0.25) is 0 Å². The highest BCUT2D eigenvalue weighted by atomic mass is 32.2. The van der Waals surface area contributed by atoms with Gasteiger partial charge in [-0.2, -0.15) is 8.42 Å². The summed E-state index contributed by atoms with van der Waals surface area (Å²) in [6.45, 7) is 2.26. The van der Waals surface area contributed by atoms with E-state index < -0.39 is 10.2 Å². The standard InChI is InChI=1S/C15H22S.H4N2O2S/c1-2-3-4-6-9-12-15-13-10-7-5-8-11-14-16-15;1-5(2,3)4/h5,7-8,10-11,13-14H,2-4,6,9,12H2,1H3;(H4,1,2,3,4). The van der Waals surface area contributed by atoms with Crippen LogP contribution in [0.2, 0.25) is 0 Å². The predicted octanol–water partition coefficient (Wildman–Crippen LogP) is 3.53. The maximum atomic E-state index is 9.19. The number of rotatable bonds is 6. The SMILES string of the molecule is CCCCCCCc1cccccccs1.NS(N)(=O)=O. The predicted molar refractivity (Wildman–Crippen MR) is 91.7 cm³/mol. The first-order chi connectivity index (χ1) is 9.93. The van der Waals surface area contributed by atoms with E-state index in [0.717, 1.165) is 0 Å². The third-order valence-corrected chi connectivity index (χ3v) is 3.49. The lowest BCUT2D eigenvalue weighted by molar-refractivity contribution is 0.599. The first-order valence-corrected chi connectivity index (χ1v) is 9.58. The molecule has 0 aliphatic carbocycles. The Morgan fingerprint density at radius 1 is 0.952 bits per heavy atom. The minimum atomic E-state index is -3.67. The van der Waals surface area contributed by atoms with Gasteiger partial charge < -0.3 is 0 Å². The first kappa shape index (κ1) is 20.1. The van der Waals surface area contributed by atoms with Crippen LogP contribution in [0.3, 0.4) is 0 Å². The summed E-state index contributed by atoms with van der Waals surface area (Å²) in [6, 6.07) is 12.7. The second-order valence-corrected chi connectivity index (χ2v) is 6.81. The Bertz CT molecular complexity index is 480. The van der Waals surface area contributed by atoms with Crippen molar-refractivity contribution >= 4 is 21.5 Å². The molecule has 4 N–H and O–H groups in total. The van der Waals surface area contributed by atoms with Crippen LogP contribution < -0.4 is 10.3 Å². The van der Waals surface area contributed by atoms with E-state index in [9.17, 15) is 8.42 Å². The third kappa shape index (κ3) is 19.0. The van der Waals surface area contributed by atoms with E-state index in [1.54, 1.807) is 0 Å². The summed E-state index contributed by atoms with van der Waals surface area (Å²) >= 11 is 1.85. The molecule has 6 heteroatoms. The van der Waals surface area contributed by atoms with Gasteiger partial charge >= 0.3 is 0 Å². The van der Waals surface area contributed by atoms with E-state index >= 15 is 0 Å². The molecule has 0 fully saturated rings. The Balaban J connectivity index is 0.000000690. The molecule has 120 valence electrons. The average Bonchev–Trinajstić information content (AvgIpc) is 2.50. The van der Waals surface area contributed by atoms with Crippen molar-refractivity contribution in [2.24, 2.45) is 10.3 Å². The maximum absolute atomic E-state index is 9.19. The quantitative estimate of drug-likeness (QED) is 0.782. The summed E-state index contributed by atoms with van der Waals surface area (Å²) in [4.78, 5) is 1.48. The minimum absolute atomic E-state index is 1.23. The van der Waals surface area contributed by atoms with Crippen LogP contribution in [-0.2, 0) is 16.6 Å². The molecule has 0 saturated heterocycles. The summed E-state index contributed by atoms with van der Waals surface area (Å²) in [5.41, 5.74) is 0. The van der Waals surface area contributed by atoms with E-state index in [0.29, 0.717) is 0 Å². The first-order valence-electron chi connectivity index (χ1n) is 7.09. The van der Waals surface area contributed by atoms with Gasteiger partial charge in [-0.05, 0) is 24.3 Å². The van der Waals surface area contributed by atoms with Crippen LogP contribution in [0, 0.1) is 0 Å². The molecule has 4 nitrogen and oxygen atoms in total. The molecule has 0 aromatic carbocycles. The monoisotopic (exact) mass is 330 g/mol. The summed E-state index contributed by atoms with van der Waals surface area (Å²) in [5.74, 6) is 0. The van der Waals surface area contributed by atoms with Crippen LogP contribution in [0.5, 0.6) is 0 Å². The summed E-state index contributed by atoms with van der Waals surface area (Å²) in [6.07, 6.45) is 8.03. The zero-order chi connectivity index (χ0) is 16.0. The fraction of sp³-hybridized carbons (Fsp3) is 0.467. The lowest BCUT2D eigenvalue weighted by Crippen LogP contribution is -2.21. The molecule has 0 bridgehead atoms. The molecule has 21 heavy (non-hydrogen) atoms. The largest absolute Gasteiger partial charge is 0.271 e. The fourth-order valence-electron chi connectivity index (χ4n) is 1.61. The highest BCUT2D eigenvalue weighted by Gasteiger charge is 1.91.